The van der Waals surface area contributed by atoms with Crippen molar-refractivity contribution in [2.45, 2.75) is 44.6 Å². The van der Waals surface area contributed by atoms with Crippen LogP contribution in [0.1, 0.15) is 59.0 Å². The van der Waals surface area contributed by atoms with E-state index in [0.717, 1.165) is 19.3 Å². The number of nitrogens with one attached hydrogen (secondary N) is 4. The number of anilines is 2. The summed E-state index contributed by atoms with van der Waals surface area (Å²) in [6.45, 7) is 0. The summed E-state index contributed by atoms with van der Waals surface area (Å²) in [6, 6.07) is 10.4. The predicted octanol–water partition coefficient (Wildman–Crippen LogP) is 5.55. The van der Waals surface area contributed by atoms with Gasteiger partial charge in [0.15, 0.2) is 0 Å². The first-order chi connectivity index (χ1) is 18.4. The van der Waals surface area contributed by atoms with Gasteiger partial charge in [-0.3, -0.25) is 14.9 Å². The maximum absolute atomic E-state index is 13.2. The largest absolute Gasteiger partial charge is 0.453 e. The molecule has 0 saturated carbocycles. The lowest BCUT2D eigenvalue weighted by Crippen LogP contribution is -2.29. The van der Waals surface area contributed by atoms with Crippen LogP contribution in [0.4, 0.5) is 16.2 Å². The van der Waals surface area contributed by atoms with Crippen LogP contribution < -0.4 is 16.0 Å². The Hall–Kier alpha value is -4.11. The first kappa shape index (κ1) is 25.5. The van der Waals surface area contributed by atoms with Crippen molar-refractivity contribution in [3.63, 3.8) is 0 Å². The molecule has 0 saturated heterocycles. The van der Waals surface area contributed by atoms with E-state index in [1.165, 1.54) is 18.2 Å². The molecular formula is C28H28ClN5O4. The maximum Gasteiger partial charge on any atom is 0.411 e. The van der Waals surface area contributed by atoms with Gasteiger partial charge in [-0.25, -0.2) is 9.78 Å². The average molecular weight is 534 g/mol. The number of methoxy groups -OCH3 is 1. The molecule has 1 aliphatic carbocycles. The van der Waals surface area contributed by atoms with Gasteiger partial charge < -0.3 is 20.4 Å². The Balaban J connectivity index is 1.48. The lowest BCUT2D eigenvalue weighted by atomic mass is 10.1. The summed E-state index contributed by atoms with van der Waals surface area (Å²) in [7, 11) is 1.27. The standard InChI is InChI=1S/C28H28ClN5O4/c1-38-28(37)30-19-12-13-20-22(15-19)31-23(35)9-4-2-3-8-21(26-33-24(20)25(29)34-26)32-27(36)18-11-10-16-6-5-7-17(16)14-18/h2-3,10-15,21H,4-9H2,1H3,(H,30,37)(H,31,35)(H,32,36)(H,33,34). The number of carbonyl (C=O) groups is 3. The summed E-state index contributed by atoms with van der Waals surface area (Å²) in [4.78, 5) is 45.4. The van der Waals surface area contributed by atoms with Crippen LogP contribution >= 0.6 is 11.6 Å². The van der Waals surface area contributed by atoms with Gasteiger partial charge >= 0.3 is 6.09 Å². The first-order valence-electron chi connectivity index (χ1n) is 12.5. The van der Waals surface area contributed by atoms with Crippen molar-refractivity contribution in [2.75, 3.05) is 17.7 Å². The van der Waals surface area contributed by atoms with E-state index in [9.17, 15) is 14.4 Å². The molecule has 4 N–H and O–H groups in total. The highest BCUT2D eigenvalue weighted by Gasteiger charge is 2.24. The minimum Gasteiger partial charge on any atom is -0.453 e. The molecule has 1 aromatic heterocycles. The van der Waals surface area contributed by atoms with Crippen molar-refractivity contribution >= 4 is 40.9 Å². The fourth-order valence-electron chi connectivity index (χ4n) is 4.78. The van der Waals surface area contributed by atoms with Gasteiger partial charge in [-0.1, -0.05) is 29.8 Å². The number of H-pyrrole nitrogens is 1. The van der Waals surface area contributed by atoms with Crippen LogP contribution in [0.3, 0.4) is 0 Å². The third kappa shape index (κ3) is 5.57. The van der Waals surface area contributed by atoms with Crippen LogP contribution in [-0.2, 0) is 22.4 Å². The van der Waals surface area contributed by atoms with E-state index in [1.54, 1.807) is 18.2 Å². The number of allylic oxidation sites excluding steroid dienone is 1. The molecule has 0 fully saturated rings. The molecule has 3 amide bonds. The molecule has 2 aromatic carbocycles. The van der Waals surface area contributed by atoms with Crippen LogP contribution in [0, 0.1) is 0 Å². The second-order valence-electron chi connectivity index (χ2n) is 9.32. The number of fused-ring (bicyclic) bond motifs is 5. The highest BCUT2D eigenvalue weighted by molar-refractivity contribution is 6.32. The third-order valence-corrected chi connectivity index (χ3v) is 7.00. The highest BCUT2D eigenvalue weighted by atomic mass is 35.5. The number of hydrogen-bond acceptors (Lipinski definition) is 5. The molecule has 5 rings (SSSR count). The summed E-state index contributed by atoms with van der Waals surface area (Å²) in [6.07, 6.45) is 7.62. The second-order valence-corrected chi connectivity index (χ2v) is 9.70. The molecule has 2 bridgehead atoms. The van der Waals surface area contributed by atoms with E-state index in [4.69, 9.17) is 16.6 Å². The Kier molecular flexibility index (Phi) is 7.46. The SMILES string of the molecule is COC(=O)Nc1ccc2c(c1)NC(=O)CCC=CCC(NC(=O)c1ccc3c(c1)CCC3)c1nc-2c(Cl)[nH]1. The Morgan fingerprint density at radius 2 is 1.92 bits per heavy atom. The smallest absolute Gasteiger partial charge is 0.411 e. The van der Waals surface area contributed by atoms with Gasteiger partial charge in [0.2, 0.25) is 5.91 Å². The minimum atomic E-state index is -0.631. The molecule has 1 atom stereocenters. The van der Waals surface area contributed by atoms with E-state index >= 15 is 0 Å². The zero-order valence-electron chi connectivity index (χ0n) is 20.9. The molecule has 38 heavy (non-hydrogen) atoms. The van der Waals surface area contributed by atoms with Crippen LogP contribution in [0.2, 0.25) is 5.15 Å². The Morgan fingerprint density at radius 3 is 2.76 bits per heavy atom. The fraction of sp³-hybridized carbons (Fsp3) is 0.286. The van der Waals surface area contributed by atoms with E-state index in [2.05, 4.69) is 25.7 Å². The predicted molar refractivity (Wildman–Crippen MR) is 145 cm³/mol. The van der Waals surface area contributed by atoms with Crippen LogP contribution in [0.25, 0.3) is 11.3 Å². The molecule has 3 aromatic rings. The van der Waals surface area contributed by atoms with Gasteiger partial charge in [0.25, 0.3) is 5.91 Å². The minimum absolute atomic E-state index is 0.188. The molecular weight excluding hydrogens is 506 g/mol. The molecule has 1 aliphatic heterocycles. The summed E-state index contributed by atoms with van der Waals surface area (Å²) in [5.74, 6) is 0.114. The van der Waals surface area contributed by atoms with Crippen molar-refractivity contribution in [1.82, 2.24) is 15.3 Å². The molecule has 9 nitrogen and oxygen atoms in total. The molecule has 196 valence electrons. The number of benzene rings is 2. The maximum atomic E-state index is 13.2. The molecule has 2 heterocycles. The summed E-state index contributed by atoms with van der Waals surface area (Å²) in [5, 5.41) is 8.86. The van der Waals surface area contributed by atoms with Gasteiger partial charge in [0, 0.05) is 23.2 Å². The van der Waals surface area contributed by atoms with Crippen LogP contribution in [0.5, 0.6) is 0 Å². The number of aromatic nitrogens is 2. The van der Waals surface area contributed by atoms with Crippen LogP contribution in [0.15, 0.2) is 48.6 Å². The molecule has 2 aliphatic rings. The highest BCUT2D eigenvalue weighted by Crippen LogP contribution is 2.36. The monoisotopic (exact) mass is 533 g/mol. The quantitative estimate of drug-likeness (QED) is 0.329. The Bertz CT molecular complexity index is 1430. The number of rotatable bonds is 3. The topological polar surface area (TPSA) is 125 Å². The zero-order chi connectivity index (χ0) is 26.6. The van der Waals surface area contributed by atoms with Gasteiger partial charge in [-0.15, -0.1) is 0 Å². The number of ether oxygens (including phenoxy) is 1. The average Bonchev–Trinajstić information content (AvgIpc) is 3.53. The lowest BCUT2D eigenvalue weighted by Gasteiger charge is -2.16. The fourth-order valence-corrected chi connectivity index (χ4v) is 5.03. The second kappa shape index (κ2) is 11.1. The lowest BCUT2D eigenvalue weighted by molar-refractivity contribution is -0.116. The summed E-state index contributed by atoms with van der Waals surface area (Å²) in [5.41, 5.74) is 5.00. The molecule has 0 radical (unpaired) electrons. The van der Waals surface area contributed by atoms with Gasteiger partial charge in [-0.05, 0) is 73.6 Å². The van der Waals surface area contributed by atoms with E-state index < -0.39 is 12.1 Å². The van der Waals surface area contributed by atoms with Gasteiger partial charge in [0.1, 0.15) is 16.7 Å². The Labute approximate surface area is 225 Å². The number of halogens is 1. The first-order valence-corrected chi connectivity index (χ1v) is 12.9. The van der Waals surface area contributed by atoms with Crippen molar-refractivity contribution in [3.05, 3.63) is 76.2 Å². The van der Waals surface area contributed by atoms with Crippen molar-refractivity contribution in [3.8, 4) is 11.3 Å². The number of hydrogen-bond donors (Lipinski definition) is 4. The summed E-state index contributed by atoms with van der Waals surface area (Å²) < 4.78 is 4.67. The van der Waals surface area contributed by atoms with E-state index in [1.807, 2.05) is 30.4 Å². The third-order valence-electron chi connectivity index (χ3n) is 6.73. The number of amides is 3. The van der Waals surface area contributed by atoms with Crippen LogP contribution in [-0.4, -0.2) is 35.0 Å². The molecule has 1 unspecified atom stereocenters. The van der Waals surface area contributed by atoms with Crippen molar-refractivity contribution < 1.29 is 19.1 Å². The Morgan fingerprint density at radius 1 is 1.08 bits per heavy atom. The van der Waals surface area contributed by atoms with Gasteiger partial charge in [0.05, 0.1) is 18.8 Å². The normalized spacial score (nSPS) is 16.7. The number of imidazole rings is 1. The number of carbonyl (C=O) groups excluding carboxylic acids is 3. The molecule has 0 spiro atoms. The van der Waals surface area contributed by atoms with Crippen molar-refractivity contribution in [2.24, 2.45) is 0 Å². The number of nitrogens with zero attached hydrogens (tertiary/aromatic N) is 1. The van der Waals surface area contributed by atoms with Crippen molar-refractivity contribution in [1.29, 1.82) is 0 Å². The number of aryl methyl sites for hydroxylation is 2. The summed E-state index contributed by atoms with van der Waals surface area (Å²) >= 11 is 6.59. The van der Waals surface area contributed by atoms with E-state index in [-0.39, 0.29) is 23.4 Å². The zero-order valence-corrected chi connectivity index (χ0v) is 21.7. The number of aromatic amines is 1. The van der Waals surface area contributed by atoms with E-state index in [0.29, 0.717) is 46.9 Å². The molecule has 10 heteroatoms. The van der Waals surface area contributed by atoms with Gasteiger partial charge in [-0.2, -0.15) is 0 Å².